The second-order valence-corrected chi connectivity index (χ2v) is 6.93. The average Bonchev–Trinajstić information content (AvgIpc) is 3.08. The van der Waals surface area contributed by atoms with E-state index in [0.717, 1.165) is 32.1 Å². The molecular formula is C20H25N5O2. The average molecular weight is 367 g/mol. The van der Waals surface area contributed by atoms with Gasteiger partial charge in [-0.15, -0.1) is 0 Å². The molecular weight excluding hydrogens is 342 g/mol. The molecule has 3 rings (SSSR count). The fourth-order valence-corrected chi connectivity index (χ4v) is 3.15. The Morgan fingerprint density at radius 2 is 2.22 bits per heavy atom. The highest BCUT2D eigenvalue weighted by Gasteiger charge is 2.22. The third-order valence-corrected chi connectivity index (χ3v) is 4.53. The lowest BCUT2D eigenvalue weighted by molar-refractivity contribution is -0.131. The van der Waals surface area contributed by atoms with Crippen LogP contribution < -0.4 is 10.2 Å². The van der Waals surface area contributed by atoms with Crippen molar-refractivity contribution in [3.63, 3.8) is 0 Å². The molecule has 0 radical (unpaired) electrons. The summed E-state index contributed by atoms with van der Waals surface area (Å²) in [5.41, 5.74) is 3.06. The van der Waals surface area contributed by atoms with E-state index in [-0.39, 0.29) is 0 Å². The Labute approximate surface area is 159 Å². The number of nitrogens with zero attached hydrogens (tertiary/aromatic N) is 4. The number of aliphatic carboxylic acids is 1. The number of hydrogen-bond donors (Lipinski definition) is 2. The number of anilines is 2. The first-order chi connectivity index (χ1) is 13.0. The largest absolute Gasteiger partial charge is 0.478 e. The van der Waals surface area contributed by atoms with E-state index in [1.54, 1.807) is 12.4 Å². The standard InChI is InChI=1S/C20H25N5O2/c1-24(2)18-5-3-4-15(10-18)13-25-9-8-17(14-25)23-19-12-21-16(11-22-19)6-7-20(26)27/h3-7,10-12,17H,8-9,13-14H2,1-2H3,(H,22,23)(H,26,27)/t17-/m1/s1. The SMILES string of the molecule is CN(C)c1cccc(CN2CC[C@@H](Nc3cnc(C=CC(=O)O)cn3)C2)c1. The Hall–Kier alpha value is -2.93. The molecule has 1 aliphatic heterocycles. The fraction of sp³-hybridized carbons (Fsp3) is 0.350. The number of hydrogen-bond acceptors (Lipinski definition) is 6. The molecule has 0 spiro atoms. The van der Waals surface area contributed by atoms with E-state index >= 15 is 0 Å². The Kier molecular flexibility index (Phi) is 6.03. The second kappa shape index (κ2) is 8.64. The lowest BCUT2D eigenvalue weighted by atomic mass is 10.2. The molecule has 2 heterocycles. The van der Waals surface area contributed by atoms with Gasteiger partial charge in [-0.1, -0.05) is 12.1 Å². The van der Waals surface area contributed by atoms with Gasteiger partial charge in [0.25, 0.3) is 0 Å². The monoisotopic (exact) mass is 367 g/mol. The van der Waals surface area contributed by atoms with Gasteiger partial charge in [-0.2, -0.15) is 0 Å². The third-order valence-electron chi connectivity index (χ3n) is 4.53. The van der Waals surface area contributed by atoms with Gasteiger partial charge >= 0.3 is 5.97 Å². The third kappa shape index (κ3) is 5.52. The minimum absolute atomic E-state index is 0.330. The Balaban J connectivity index is 1.52. The maximum atomic E-state index is 10.5. The van der Waals surface area contributed by atoms with Crippen LogP contribution in [0.25, 0.3) is 6.08 Å². The first-order valence-electron chi connectivity index (χ1n) is 8.98. The molecule has 2 N–H and O–H groups in total. The van der Waals surface area contributed by atoms with Crippen LogP contribution in [-0.2, 0) is 11.3 Å². The maximum Gasteiger partial charge on any atom is 0.328 e. The molecule has 7 nitrogen and oxygen atoms in total. The van der Waals surface area contributed by atoms with Gasteiger partial charge in [0, 0.05) is 51.5 Å². The van der Waals surface area contributed by atoms with Gasteiger partial charge in [0.05, 0.1) is 18.1 Å². The zero-order chi connectivity index (χ0) is 19.2. The summed E-state index contributed by atoms with van der Waals surface area (Å²) in [6.07, 6.45) is 6.75. The zero-order valence-electron chi connectivity index (χ0n) is 15.7. The lowest BCUT2D eigenvalue weighted by Crippen LogP contribution is -2.26. The molecule has 0 amide bonds. The number of rotatable bonds is 7. The minimum Gasteiger partial charge on any atom is -0.478 e. The van der Waals surface area contributed by atoms with Gasteiger partial charge in [-0.25, -0.2) is 9.78 Å². The molecule has 0 saturated carbocycles. The van der Waals surface area contributed by atoms with Crippen LogP contribution in [0.5, 0.6) is 0 Å². The molecule has 0 unspecified atom stereocenters. The van der Waals surface area contributed by atoms with Crippen LogP contribution in [0.2, 0.25) is 0 Å². The highest BCUT2D eigenvalue weighted by atomic mass is 16.4. The van der Waals surface area contributed by atoms with Gasteiger partial charge in [0.15, 0.2) is 0 Å². The number of carbonyl (C=O) groups is 1. The Morgan fingerprint density at radius 1 is 1.37 bits per heavy atom. The first-order valence-corrected chi connectivity index (χ1v) is 8.98. The van der Waals surface area contributed by atoms with Gasteiger partial charge in [0.2, 0.25) is 0 Å². The summed E-state index contributed by atoms with van der Waals surface area (Å²) in [6, 6.07) is 8.95. The summed E-state index contributed by atoms with van der Waals surface area (Å²) in [4.78, 5) is 23.6. The van der Waals surface area contributed by atoms with Gasteiger partial charge < -0.3 is 15.3 Å². The Morgan fingerprint density at radius 3 is 2.93 bits per heavy atom. The summed E-state index contributed by atoms with van der Waals surface area (Å²) in [5.74, 6) is -0.287. The normalized spacial score (nSPS) is 17.3. The van der Waals surface area contributed by atoms with Crippen LogP contribution in [-0.4, -0.2) is 59.2 Å². The van der Waals surface area contributed by atoms with Crippen LogP contribution in [0.1, 0.15) is 17.7 Å². The van der Waals surface area contributed by atoms with Crippen molar-refractivity contribution in [2.75, 3.05) is 37.4 Å². The summed E-state index contributed by atoms with van der Waals surface area (Å²) in [6.45, 7) is 2.93. The molecule has 7 heteroatoms. The second-order valence-electron chi connectivity index (χ2n) is 6.93. The van der Waals surface area contributed by atoms with E-state index in [1.165, 1.54) is 17.3 Å². The zero-order valence-corrected chi connectivity index (χ0v) is 15.7. The highest BCUT2D eigenvalue weighted by Crippen LogP contribution is 2.19. The van der Waals surface area contributed by atoms with Crippen LogP contribution in [0, 0.1) is 0 Å². The summed E-state index contributed by atoms with van der Waals surface area (Å²) < 4.78 is 0. The van der Waals surface area contributed by atoms with E-state index in [0.29, 0.717) is 17.6 Å². The molecule has 2 aromatic rings. The molecule has 0 aliphatic carbocycles. The molecule has 1 fully saturated rings. The van der Waals surface area contributed by atoms with Crippen molar-refractivity contribution in [3.05, 3.63) is 54.0 Å². The number of benzene rings is 1. The van der Waals surface area contributed by atoms with Crippen molar-refractivity contribution in [1.82, 2.24) is 14.9 Å². The quantitative estimate of drug-likeness (QED) is 0.727. The van der Waals surface area contributed by atoms with Crippen molar-refractivity contribution < 1.29 is 9.90 Å². The number of nitrogens with one attached hydrogen (secondary N) is 1. The first kappa shape index (κ1) is 18.8. The van der Waals surface area contributed by atoms with Crippen molar-refractivity contribution in [1.29, 1.82) is 0 Å². The number of likely N-dealkylation sites (tertiary alicyclic amines) is 1. The summed E-state index contributed by atoms with van der Waals surface area (Å²) in [5, 5.41) is 12.1. The fourth-order valence-electron chi connectivity index (χ4n) is 3.15. The molecule has 27 heavy (non-hydrogen) atoms. The number of aromatic nitrogens is 2. The van der Waals surface area contributed by atoms with E-state index in [2.05, 4.69) is 63.4 Å². The Bertz CT molecular complexity index is 804. The topological polar surface area (TPSA) is 81.6 Å². The molecule has 1 aliphatic rings. The molecule has 1 saturated heterocycles. The van der Waals surface area contributed by atoms with Gasteiger partial charge in [0.1, 0.15) is 5.82 Å². The van der Waals surface area contributed by atoms with Crippen LogP contribution >= 0.6 is 0 Å². The molecule has 1 atom stereocenters. The van der Waals surface area contributed by atoms with E-state index in [9.17, 15) is 4.79 Å². The molecule has 1 aromatic carbocycles. The predicted octanol–water partition coefficient (Wildman–Crippen LogP) is 2.33. The number of carboxylic acid groups (broad SMARTS) is 1. The van der Waals surface area contributed by atoms with Crippen molar-refractivity contribution in [3.8, 4) is 0 Å². The van der Waals surface area contributed by atoms with E-state index in [1.807, 2.05) is 0 Å². The highest BCUT2D eigenvalue weighted by molar-refractivity contribution is 5.84. The summed E-state index contributed by atoms with van der Waals surface area (Å²) in [7, 11) is 4.11. The smallest absolute Gasteiger partial charge is 0.328 e. The van der Waals surface area contributed by atoms with Crippen molar-refractivity contribution in [2.24, 2.45) is 0 Å². The van der Waals surface area contributed by atoms with Crippen LogP contribution in [0.15, 0.2) is 42.7 Å². The van der Waals surface area contributed by atoms with Gasteiger partial charge in [-0.3, -0.25) is 9.88 Å². The summed E-state index contributed by atoms with van der Waals surface area (Å²) >= 11 is 0. The van der Waals surface area contributed by atoms with Crippen molar-refractivity contribution in [2.45, 2.75) is 19.0 Å². The van der Waals surface area contributed by atoms with Gasteiger partial charge in [-0.05, 0) is 30.2 Å². The number of carboxylic acids is 1. The minimum atomic E-state index is -0.999. The van der Waals surface area contributed by atoms with Crippen LogP contribution in [0.3, 0.4) is 0 Å². The predicted molar refractivity (Wildman–Crippen MR) is 107 cm³/mol. The van der Waals surface area contributed by atoms with E-state index in [4.69, 9.17) is 5.11 Å². The maximum absolute atomic E-state index is 10.5. The molecule has 142 valence electrons. The van der Waals surface area contributed by atoms with Crippen LogP contribution in [0.4, 0.5) is 11.5 Å². The molecule has 1 aromatic heterocycles. The molecule has 0 bridgehead atoms. The van der Waals surface area contributed by atoms with E-state index < -0.39 is 5.97 Å². The van der Waals surface area contributed by atoms with Crippen molar-refractivity contribution >= 4 is 23.6 Å². The lowest BCUT2D eigenvalue weighted by Gasteiger charge is -2.19.